The number of carbonyl (C=O) groups excluding carboxylic acids is 1. The Morgan fingerprint density at radius 1 is 1.14 bits per heavy atom. The van der Waals surface area contributed by atoms with Gasteiger partial charge in [0.2, 0.25) is 0 Å². The van der Waals surface area contributed by atoms with Crippen molar-refractivity contribution < 1.29 is 32.6 Å². The molecule has 2 amide bonds. The first-order chi connectivity index (χ1) is 16.4. The number of nitrogens with one attached hydrogen (secondary N) is 1. The number of benzene rings is 2. The lowest BCUT2D eigenvalue weighted by Crippen LogP contribution is -2.46. The molecule has 6 nitrogen and oxygen atoms in total. The number of carbonyl (C=O) groups is 2. The molecule has 0 aromatic heterocycles. The van der Waals surface area contributed by atoms with Crippen LogP contribution in [0.15, 0.2) is 47.4 Å². The molecule has 0 spiro atoms. The Labute approximate surface area is 206 Å². The van der Waals surface area contributed by atoms with E-state index in [9.17, 15) is 27.9 Å². The molecule has 0 saturated heterocycles. The number of carboxylic acids is 1. The third-order valence-corrected chi connectivity index (χ3v) is 6.95. The van der Waals surface area contributed by atoms with Gasteiger partial charge in [-0.1, -0.05) is 13.0 Å². The van der Waals surface area contributed by atoms with Crippen molar-refractivity contribution in [3.8, 4) is 5.75 Å². The van der Waals surface area contributed by atoms with E-state index in [-0.39, 0.29) is 17.8 Å². The number of alkyl halides is 3. The number of rotatable bonds is 8. The molecule has 0 radical (unpaired) electrons. The molecule has 0 heterocycles. The van der Waals surface area contributed by atoms with E-state index in [1.165, 1.54) is 29.5 Å². The molecule has 2 N–H and O–H groups in total. The molecule has 0 bridgehead atoms. The Morgan fingerprint density at radius 2 is 1.83 bits per heavy atom. The van der Waals surface area contributed by atoms with E-state index in [0.29, 0.717) is 18.7 Å². The number of nitrogens with zero attached hydrogens (tertiary/aromatic N) is 1. The highest BCUT2D eigenvalue weighted by Crippen LogP contribution is 2.36. The number of aliphatic carboxylic acids is 1. The zero-order valence-electron chi connectivity index (χ0n) is 19.8. The minimum absolute atomic E-state index is 0.0528. The zero-order chi connectivity index (χ0) is 25.8. The number of thioether (sulfide) groups is 1. The molecule has 1 unspecified atom stereocenters. The molecule has 1 atom stereocenters. The summed E-state index contributed by atoms with van der Waals surface area (Å²) >= 11 is 1.29. The SMILES string of the molecule is CCCN(C(=O)Nc1ccc(OC(F)(F)F)cc1)C1CCc2ccc(SC(C)(C)C(=O)O)cc2C1. The van der Waals surface area contributed by atoms with Crippen molar-refractivity contribution in [2.45, 2.75) is 68.5 Å². The predicted octanol–water partition coefficient (Wildman–Crippen LogP) is 6.34. The number of halogens is 3. The second-order valence-electron chi connectivity index (χ2n) is 8.94. The molecule has 2 aromatic rings. The molecule has 3 rings (SSSR count). The average Bonchev–Trinajstić information content (AvgIpc) is 2.77. The summed E-state index contributed by atoms with van der Waals surface area (Å²) in [6, 6.07) is 10.7. The Hall–Kier alpha value is -2.88. The highest BCUT2D eigenvalue weighted by Gasteiger charge is 2.32. The van der Waals surface area contributed by atoms with Crippen molar-refractivity contribution in [2.75, 3.05) is 11.9 Å². The Bertz CT molecular complexity index is 1060. The fraction of sp³-hybridized carbons (Fsp3) is 0.440. The Balaban J connectivity index is 1.71. The molecule has 190 valence electrons. The number of amides is 2. The van der Waals surface area contributed by atoms with E-state index in [4.69, 9.17) is 0 Å². The lowest BCUT2D eigenvalue weighted by atomic mass is 9.87. The topological polar surface area (TPSA) is 78.9 Å². The van der Waals surface area contributed by atoms with Crippen LogP contribution in [0, 0.1) is 0 Å². The maximum absolute atomic E-state index is 13.1. The van der Waals surface area contributed by atoms with Crippen LogP contribution in [-0.4, -0.2) is 45.7 Å². The van der Waals surface area contributed by atoms with Gasteiger partial charge in [0.15, 0.2) is 0 Å². The van der Waals surface area contributed by atoms with E-state index in [2.05, 4.69) is 10.1 Å². The molecule has 1 aliphatic rings. The molecule has 35 heavy (non-hydrogen) atoms. The van der Waals surface area contributed by atoms with Crippen LogP contribution in [0.3, 0.4) is 0 Å². The molecular formula is C25H29F3N2O4S. The van der Waals surface area contributed by atoms with Gasteiger partial charge in [-0.15, -0.1) is 24.9 Å². The number of urea groups is 1. The number of hydrogen-bond acceptors (Lipinski definition) is 4. The van der Waals surface area contributed by atoms with Crippen LogP contribution in [0.25, 0.3) is 0 Å². The van der Waals surface area contributed by atoms with Gasteiger partial charge >= 0.3 is 18.4 Å². The maximum Gasteiger partial charge on any atom is 0.573 e. The first-order valence-electron chi connectivity index (χ1n) is 11.4. The summed E-state index contributed by atoms with van der Waals surface area (Å²) in [5.41, 5.74) is 2.65. The minimum atomic E-state index is -4.78. The third kappa shape index (κ3) is 7.30. The normalized spacial score (nSPS) is 15.8. The molecule has 0 saturated carbocycles. The zero-order valence-corrected chi connectivity index (χ0v) is 20.6. The van der Waals surface area contributed by atoms with Crippen molar-refractivity contribution in [1.29, 1.82) is 0 Å². The number of hydrogen-bond donors (Lipinski definition) is 2. The Morgan fingerprint density at radius 3 is 2.43 bits per heavy atom. The van der Waals surface area contributed by atoms with E-state index in [1.807, 2.05) is 25.1 Å². The third-order valence-electron chi connectivity index (χ3n) is 5.77. The van der Waals surface area contributed by atoms with Crippen molar-refractivity contribution >= 4 is 29.4 Å². The van der Waals surface area contributed by atoms with Crippen LogP contribution in [0.1, 0.15) is 44.7 Å². The van der Waals surface area contributed by atoms with Crippen LogP contribution in [0.5, 0.6) is 5.75 Å². The van der Waals surface area contributed by atoms with E-state index < -0.39 is 17.1 Å². The number of anilines is 1. The van der Waals surface area contributed by atoms with Gasteiger partial charge in [0, 0.05) is 23.2 Å². The second kappa shape index (κ2) is 10.8. The number of aryl methyl sites for hydroxylation is 1. The van der Waals surface area contributed by atoms with Gasteiger partial charge in [-0.3, -0.25) is 4.79 Å². The average molecular weight is 511 g/mol. The molecule has 0 aliphatic heterocycles. The summed E-state index contributed by atoms with van der Waals surface area (Å²) in [5.74, 6) is -1.24. The Kier molecular flexibility index (Phi) is 8.25. The lowest BCUT2D eigenvalue weighted by molar-refractivity contribution is -0.274. The van der Waals surface area contributed by atoms with E-state index in [0.717, 1.165) is 41.9 Å². The van der Waals surface area contributed by atoms with Gasteiger partial charge in [0.1, 0.15) is 10.5 Å². The smallest absolute Gasteiger partial charge is 0.480 e. The van der Waals surface area contributed by atoms with Crippen LogP contribution in [0.4, 0.5) is 23.7 Å². The molecule has 2 aromatic carbocycles. The highest BCUT2D eigenvalue weighted by atomic mass is 32.2. The van der Waals surface area contributed by atoms with Crippen LogP contribution in [0.2, 0.25) is 0 Å². The van der Waals surface area contributed by atoms with Gasteiger partial charge in [-0.2, -0.15) is 0 Å². The first kappa shape index (κ1) is 26.7. The summed E-state index contributed by atoms with van der Waals surface area (Å²) < 4.78 is 40.0. The quantitative estimate of drug-likeness (QED) is 0.405. The maximum atomic E-state index is 13.1. The van der Waals surface area contributed by atoms with Gasteiger partial charge in [0.05, 0.1) is 0 Å². The minimum Gasteiger partial charge on any atom is -0.480 e. The first-order valence-corrected chi connectivity index (χ1v) is 12.2. The van der Waals surface area contributed by atoms with Crippen LogP contribution < -0.4 is 10.1 Å². The van der Waals surface area contributed by atoms with Crippen molar-refractivity contribution in [1.82, 2.24) is 4.90 Å². The predicted molar refractivity (Wildman–Crippen MR) is 129 cm³/mol. The molecule has 0 fully saturated rings. The summed E-state index contributed by atoms with van der Waals surface area (Å²) in [4.78, 5) is 27.2. The second-order valence-corrected chi connectivity index (χ2v) is 10.6. The van der Waals surface area contributed by atoms with Crippen LogP contribution in [-0.2, 0) is 17.6 Å². The van der Waals surface area contributed by atoms with Gasteiger partial charge in [0.25, 0.3) is 0 Å². The standard InChI is InChI=1S/C25H29F3N2O4S/c1-4-13-30(23(33)29-18-7-10-20(11-8-18)34-25(26,27)28)19-9-5-16-6-12-21(15-17(16)14-19)35-24(2,3)22(31)32/h6-8,10-12,15,19H,4-5,9,13-14H2,1-3H3,(H,29,33)(H,31,32). The van der Waals surface area contributed by atoms with Crippen LogP contribution >= 0.6 is 11.8 Å². The number of carboxylic acid groups (broad SMARTS) is 1. The lowest BCUT2D eigenvalue weighted by Gasteiger charge is -2.35. The summed E-state index contributed by atoms with van der Waals surface area (Å²) in [6.07, 6.45) is -1.81. The highest BCUT2D eigenvalue weighted by molar-refractivity contribution is 8.01. The van der Waals surface area contributed by atoms with E-state index >= 15 is 0 Å². The van der Waals surface area contributed by atoms with Gasteiger partial charge in [-0.25, -0.2) is 4.79 Å². The van der Waals surface area contributed by atoms with Crippen molar-refractivity contribution in [3.63, 3.8) is 0 Å². The fourth-order valence-electron chi connectivity index (χ4n) is 4.01. The summed E-state index contributed by atoms with van der Waals surface area (Å²) in [6.45, 7) is 5.83. The number of fused-ring (bicyclic) bond motifs is 1. The monoisotopic (exact) mass is 510 g/mol. The fourth-order valence-corrected chi connectivity index (χ4v) is 5.02. The largest absolute Gasteiger partial charge is 0.573 e. The van der Waals surface area contributed by atoms with Crippen molar-refractivity contribution in [3.05, 3.63) is 53.6 Å². The summed E-state index contributed by atoms with van der Waals surface area (Å²) in [5, 5.41) is 12.2. The summed E-state index contributed by atoms with van der Waals surface area (Å²) in [7, 11) is 0. The molecule has 1 aliphatic carbocycles. The van der Waals surface area contributed by atoms with Gasteiger partial charge < -0.3 is 20.1 Å². The number of ether oxygens (including phenoxy) is 1. The van der Waals surface area contributed by atoms with E-state index in [1.54, 1.807) is 18.7 Å². The molecular weight excluding hydrogens is 481 g/mol. The van der Waals surface area contributed by atoms with Crippen molar-refractivity contribution in [2.24, 2.45) is 0 Å². The molecule has 10 heteroatoms. The van der Waals surface area contributed by atoms with Gasteiger partial charge in [-0.05, 0) is 87.1 Å².